The first kappa shape index (κ1) is 20.6. The van der Waals surface area contributed by atoms with Crippen LogP contribution in [0, 0.1) is 17.5 Å². The van der Waals surface area contributed by atoms with E-state index in [0.29, 0.717) is 24.5 Å². The van der Waals surface area contributed by atoms with Crippen LogP contribution in [0.2, 0.25) is 0 Å². The highest BCUT2D eigenvalue weighted by Gasteiger charge is 2.28. The number of thioether (sulfide) groups is 1. The molecule has 26 heavy (non-hydrogen) atoms. The van der Waals surface area contributed by atoms with Gasteiger partial charge in [0.15, 0.2) is 11.6 Å². The topological polar surface area (TPSA) is 32.3 Å². The molecule has 2 aromatic carbocycles. The number of hydrogen-bond acceptors (Lipinski definition) is 3. The molecule has 2 aromatic rings. The number of carbonyl (C=O) groups excluding carboxylic acids is 1. The molecule has 0 bridgehead atoms. The van der Waals surface area contributed by atoms with Crippen LogP contribution in [0.3, 0.4) is 0 Å². The fraction of sp³-hybridized carbons (Fsp3) is 0.278. The van der Waals surface area contributed by atoms with Crippen molar-refractivity contribution in [3.05, 3.63) is 65.5 Å². The average Bonchev–Trinajstić information content (AvgIpc) is 2.62. The van der Waals surface area contributed by atoms with Crippen LogP contribution in [0.5, 0.6) is 0 Å². The van der Waals surface area contributed by atoms with Gasteiger partial charge in [0.25, 0.3) is 0 Å². The van der Waals surface area contributed by atoms with Crippen molar-refractivity contribution in [1.29, 1.82) is 0 Å². The van der Waals surface area contributed by atoms with E-state index in [-0.39, 0.29) is 35.9 Å². The van der Waals surface area contributed by atoms with E-state index in [4.69, 9.17) is 0 Å². The summed E-state index contributed by atoms with van der Waals surface area (Å²) in [6, 6.07) is 9.53. The summed E-state index contributed by atoms with van der Waals surface area (Å²) < 4.78 is 39.7. The Hall–Kier alpha value is -1.70. The molecule has 1 fully saturated rings. The van der Waals surface area contributed by atoms with E-state index in [2.05, 4.69) is 5.32 Å². The fourth-order valence-corrected chi connectivity index (χ4v) is 3.62. The average molecular weight is 403 g/mol. The lowest BCUT2D eigenvalue weighted by molar-refractivity contribution is -0.131. The SMILES string of the molecule is Cl.O=C(CSc1ccc(F)c(F)c1)N1CCNCC1c1cccc(F)c1. The van der Waals surface area contributed by atoms with Crippen molar-refractivity contribution in [3.63, 3.8) is 0 Å². The van der Waals surface area contributed by atoms with Gasteiger partial charge in [-0.15, -0.1) is 24.2 Å². The Labute approximate surface area is 160 Å². The van der Waals surface area contributed by atoms with Gasteiger partial charge in [0.05, 0.1) is 11.8 Å². The Bertz CT molecular complexity index is 778. The molecule has 1 aliphatic rings. The second kappa shape index (κ2) is 9.30. The van der Waals surface area contributed by atoms with E-state index in [1.807, 2.05) is 0 Å². The Morgan fingerprint density at radius 2 is 1.96 bits per heavy atom. The Morgan fingerprint density at radius 1 is 1.15 bits per heavy atom. The lowest BCUT2D eigenvalue weighted by Gasteiger charge is -2.36. The summed E-state index contributed by atoms with van der Waals surface area (Å²) in [5.74, 6) is -2.20. The van der Waals surface area contributed by atoms with Gasteiger partial charge in [-0.3, -0.25) is 4.79 Å². The molecular weight excluding hydrogens is 385 g/mol. The van der Waals surface area contributed by atoms with Crippen molar-refractivity contribution in [1.82, 2.24) is 10.2 Å². The first-order chi connectivity index (χ1) is 12.0. The number of amides is 1. The molecule has 0 radical (unpaired) electrons. The number of carbonyl (C=O) groups is 1. The summed E-state index contributed by atoms with van der Waals surface area (Å²) in [5.41, 5.74) is 0.735. The predicted molar refractivity (Wildman–Crippen MR) is 98.1 cm³/mol. The maximum absolute atomic E-state index is 13.5. The Morgan fingerprint density at radius 3 is 2.69 bits per heavy atom. The van der Waals surface area contributed by atoms with Crippen molar-refractivity contribution < 1.29 is 18.0 Å². The first-order valence-corrected chi connectivity index (χ1v) is 8.86. The second-order valence-corrected chi connectivity index (χ2v) is 6.78. The molecule has 1 unspecified atom stereocenters. The standard InChI is InChI=1S/C18H17F3N2OS.ClH/c19-13-3-1-2-12(8-13)17-10-22-6-7-23(17)18(24)11-25-14-4-5-15(20)16(21)9-14;/h1-5,8-9,17,22H,6-7,10-11H2;1H. The number of rotatable bonds is 4. The van der Waals surface area contributed by atoms with Crippen molar-refractivity contribution in [2.45, 2.75) is 10.9 Å². The van der Waals surface area contributed by atoms with Gasteiger partial charge in [0, 0.05) is 24.5 Å². The van der Waals surface area contributed by atoms with Gasteiger partial charge < -0.3 is 10.2 Å². The van der Waals surface area contributed by atoms with Gasteiger partial charge in [0.1, 0.15) is 5.82 Å². The molecule has 1 amide bonds. The molecule has 1 N–H and O–H groups in total. The largest absolute Gasteiger partial charge is 0.332 e. The minimum absolute atomic E-state index is 0. The van der Waals surface area contributed by atoms with Gasteiger partial charge in [-0.05, 0) is 35.9 Å². The third-order valence-corrected chi connectivity index (χ3v) is 5.03. The van der Waals surface area contributed by atoms with Crippen LogP contribution in [0.4, 0.5) is 13.2 Å². The highest BCUT2D eigenvalue weighted by Crippen LogP contribution is 2.26. The zero-order valence-corrected chi connectivity index (χ0v) is 15.4. The highest BCUT2D eigenvalue weighted by atomic mass is 35.5. The lowest BCUT2D eigenvalue weighted by atomic mass is 10.0. The minimum Gasteiger partial charge on any atom is -0.332 e. The summed E-state index contributed by atoms with van der Waals surface area (Å²) in [6.45, 7) is 1.72. The highest BCUT2D eigenvalue weighted by molar-refractivity contribution is 8.00. The Balaban J connectivity index is 0.00000243. The van der Waals surface area contributed by atoms with Gasteiger partial charge in [0.2, 0.25) is 5.91 Å². The lowest BCUT2D eigenvalue weighted by Crippen LogP contribution is -2.49. The maximum Gasteiger partial charge on any atom is 0.233 e. The van der Waals surface area contributed by atoms with E-state index in [1.54, 1.807) is 17.0 Å². The molecule has 140 valence electrons. The number of nitrogens with one attached hydrogen (secondary N) is 1. The van der Waals surface area contributed by atoms with E-state index in [0.717, 1.165) is 29.5 Å². The zero-order chi connectivity index (χ0) is 17.8. The van der Waals surface area contributed by atoms with Gasteiger partial charge in [-0.25, -0.2) is 13.2 Å². The fourth-order valence-electron chi connectivity index (χ4n) is 2.81. The van der Waals surface area contributed by atoms with Crippen LogP contribution in [-0.2, 0) is 4.79 Å². The van der Waals surface area contributed by atoms with E-state index < -0.39 is 11.6 Å². The monoisotopic (exact) mass is 402 g/mol. The third-order valence-electron chi connectivity index (χ3n) is 4.05. The van der Waals surface area contributed by atoms with Crippen LogP contribution in [-0.4, -0.2) is 36.2 Å². The van der Waals surface area contributed by atoms with Crippen LogP contribution in [0.15, 0.2) is 47.4 Å². The molecule has 1 heterocycles. The second-order valence-electron chi connectivity index (χ2n) is 5.73. The van der Waals surface area contributed by atoms with Crippen molar-refractivity contribution >= 4 is 30.1 Å². The summed E-state index contributed by atoms with van der Waals surface area (Å²) in [4.78, 5) is 14.8. The van der Waals surface area contributed by atoms with E-state index >= 15 is 0 Å². The summed E-state index contributed by atoms with van der Waals surface area (Å²) in [7, 11) is 0. The maximum atomic E-state index is 13.5. The molecule has 0 aliphatic carbocycles. The number of nitrogens with zero attached hydrogens (tertiary/aromatic N) is 1. The third kappa shape index (κ3) is 4.93. The number of benzene rings is 2. The van der Waals surface area contributed by atoms with Crippen LogP contribution in [0.25, 0.3) is 0 Å². The van der Waals surface area contributed by atoms with Crippen LogP contribution >= 0.6 is 24.2 Å². The van der Waals surface area contributed by atoms with Crippen LogP contribution in [0.1, 0.15) is 11.6 Å². The molecule has 0 aromatic heterocycles. The quantitative estimate of drug-likeness (QED) is 0.790. The molecule has 1 aliphatic heterocycles. The zero-order valence-electron chi connectivity index (χ0n) is 13.8. The number of piperazine rings is 1. The van der Waals surface area contributed by atoms with Gasteiger partial charge in [-0.2, -0.15) is 0 Å². The van der Waals surface area contributed by atoms with E-state index in [9.17, 15) is 18.0 Å². The van der Waals surface area contributed by atoms with Crippen molar-refractivity contribution in [3.8, 4) is 0 Å². The Kier molecular flexibility index (Phi) is 7.37. The van der Waals surface area contributed by atoms with E-state index in [1.165, 1.54) is 18.2 Å². The molecule has 1 saturated heterocycles. The molecule has 1 atom stereocenters. The normalized spacial score (nSPS) is 16.9. The minimum atomic E-state index is -0.933. The van der Waals surface area contributed by atoms with Crippen molar-refractivity contribution in [2.75, 3.05) is 25.4 Å². The summed E-state index contributed by atoms with van der Waals surface area (Å²) >= 11 is 1.15. The van der Waals surface area contributed by atoms with Crippen molar-refractivity contribution in [2.24, 2.45) is 0 Å². The molecule has 3 nitrogen and oxygen atoms in total. The first-order valence-electron chi connectivity index (χ1n) is 7.88. The molecule has 0 spiro atoms. The number of halogens is 4. The molecule has 0 saturated carbocycles. The van der Waals surface area contributed by atoms with Gasteiger partial charge in [-0.1, -0.05) is 12.1 Å². The smallest absolute Gasteiger partial charge is 0.233 e. The summed E-state index contributed by atoms with van der Waals surface area (Å²) in [5, 5.41) is 3.21. The van der Waals surface area contributed by atoms with Crippen LogP contribution < -0.4 is 5.32 Å². The van der Waals surface area contributed by atoms with Gasteiger partial charge >= 0.3 is 0 Å². The molecular formula is C18H18ClF3N2OS. The molecule has 3 rings (SSSR count). The number of hydrogen-bond donors (Lipinski definition) is 1. The summed E-state index contributed by atoms with van der Waals surface area (Å²) in [6.07, 6.45) is 0. The molecule has 8 heteroatoms. The predicted octanol–water partition coefficient (Wildman–Crippen LogP) is 3.79.